The number of halogens is 3. The molecule has 0 atom stereocenters. The molecule has 2 aromatic carbocycles. The van der Waals surface area contributed by atoms with Crippen molar-refractivity contribution >= 4 is 58.1 Å². The fraction of sp³-hybridized carbons (Fsp3) is 0.125. The molecule has 0 aliphatic carbocycles. The second-order valence-corrected chi connectivity index (χ2v) is 6.29. The predicted octanol–water partition coefficient (Wildman–Crippen LogP) is 4.67. The second kappa shape index (κ2) is 7.75. The molecule has 0 saturated heterocycles. The molecule has 0 radical (unpaired) electrons. The topological polar surface area (TPSA) is 61.4 Å². The average molecular weight is 387 g/mol. The van der Waals surface area contributed by atoms with E-state index < -0.39 is 11.9 Å². The van der Waals surface area contributed by atoms with Gasteiger partial charge in [0.05, 0.1) is 26.3 Å². The van der Waals surface area contributed by atoms with E-state index in [1.807, 2.05) is 0 Å². The molecule has 3 amide bonds. The van der Waals surface area contributed by atoms with Crippen LogP contribution in [-0.4, -0.2) is 26.0 Å². The lowest BCUT2D eigenvalue weighted by Crippen LogP contribution is -2.34. The third kappa shape index (κ3) is 4.32. The van der Waals surface area contributed by atoms with Crippen molar-refractivity contribution in [2.75, 3.05) is 24.3 Å². The summed E-state index contributed by atoms with van der Waals surface area (Å²) in [4.78, 5) is 25.8. The van der Waals surface area contributed by atoms with Crippen LogP contribution >= 0.6 is 34.8 Å². The average Bonchev–Trinajstić information content (AvgIpc) is 2.45. The van der Waals surface area contributed by atoms with E-state index >= 15 is 0 Å². The van der Waals surface area contributed by atoms with E-state index in [9.17, 15) is 9.59 Å². The van der Waals surface area contributed by atoms with Crippen LogP contribution < -0.4 is 15.5 Å². The van der Waals surface area contributed by atoms with E-state index in [1.165, 1.54) is 6.07 Å². The Hall–Kier alpha value is -1.95. The van der Waals surface area contributed by atoms with Gasteiger partial charge in [-0.05, 0) is 24.3 Å². The van der Waals surface area contributed by atoms with Gasteiger partial charge >= 0.3 is 6.03 Å². The maximum absolute atomic E-state index is 12.0. The molecule has 2 aromatic rings. The molecule has 2 rings (SSSR count). The Labute approximate surface area is 154 Å². The number of nitrogens with zero attached hydrogens (tertiary/aromatic N) is 1. The van der Waals surface area contributed by atoms with Gasteiger partial charge in [-0.25, -0.2) is 4.79 Å². The van der Waals surface area contributed by atoms with E-state index in [2.05, 4.69) is 10.6 Å². The maximum atomic E-state index is 12.0. The molecule has 126 valence electrons. The van der Waals surface area contributed by atoms with Gasteiger partial charge in [-0.2, -0.15) is 0 Å². The molecule has 0 fully saturated rings. The Morgan fingerprint density at radius 1 is 0.958 bits per heavy atom. The number of benzene rings is 2. The van der Waals surface area contributed by atoms with Crippen molar-refractivity contribution < 1.29 is 9.59 Å². The van der Waals surface area contributed by atoms with E-state index in [4.69, 9.17) is 34.8 Å². The van der Waals surface area contributed by atoms with Crippen molar-refractivity contribution in [2.45, 2.75) is 0 Å². The molecule has 0 heterocycles. The third-order valence-electron chi connectivity index (χ3n) is 3.07. The highest BCUT2D eigenvalue weighted by Crippen LogP contribution is 2.35. The van der Waals surface area contributed by atoms with Crippen LogP contribution in [0.1, 0.15) is 10.4 Å². The van der Waals surface area contributed by atoms with Gasteiger partial charge in [0.25, 0.3) is 5.91 Å². The highest BCUT2D eigenvalue weighted by molar-refractivity contribution is 6.39. The first-order chi connectivity index (χ1) is 11.3. The molecule has 0 aliphatic rings. The van der Waals surface area contributed by atoms with E-state index in [1.54, 1.807) is 49.3 Å². The number of hydrogen-bond donors (Lipinski definition) is 2. The summed E-state index contributed by atoms with van der Waals surface area (Å²) in [6, 6.07) is 8.79. The van der Waals surface area contributed by atoms with Gasteiger partial charge in [0.15, 0.2) is 0 Å². The zero-order valence-electron chi connectivity index (χ0n) is 12.9. The van der Waals surface area contributed by atoms with Crippen molar-refractivity contribution in [1.82, 2.24) is 5.32 Å². The SMILES string of the molecule is CN(C)c1c(Cl)cc(NC(=O)NC(=O)c2ccccc2Cl)cc1Cl. The van der Waals surface area contributed by atoms with Crippen LogP contribution in [0.5, 0.6) is 0 Å². The lowest BCUT2D eigenvalue weighted by atomic mass is 10.2. The molecule has 0 saturated carbocycles. The zero-order valence-corrected chi connectivity index (χ0v) is 15.1. The Kier molecular flexibility index (Phi) is 5.94. The van der Waals surface area contributed by atoms with Crippen LogP contribution in [0.4, 0.5) is 16.2 Å². The van der Waals surface area contributed by atoms with Gasteiger partial charge < -0.3 is 10.2 Å². The molecule has 0 bridgehead atoms. The van der Waals surface area contributed by atoms with Crippen molar-refractivity contribution in [1.29, 1.82) is 0 Å². The molecule has 0 aromatic heterocycles. The van der Waals surface area contributed by atoms with Crippen molar-refractivity contribution in [3.05, 3.63) is 57.0 Å². The summed E-state index contributed by atoms with van der Waals surface area (Å²) in [5.41, 5.74) is 1.20. The van der Waals surface area contributed by atoms with Gasteiger partial charge in [0.1, 0.15) is 0 Å². The number of anilines is 2. The number of carbonyl (C=O) groups is 2. The third-order valence-corrected chi connectivity index (χ3v) is 3.97. The summed E-state index contributed by atoms with van der Waals surface area (Å²) in [6.45, 7) is 0. The lowest BCUT2D eigenvalue weighted by molar-refractivity contribution is 0.0967. The van der Waals surface area contributed by atoms with Crippen LogP contribution in [0.15, 0.2) is 36.4 Å². The molecule has 2 N–H and O–H groups in total. The summed E-state index contributed by atoms with van der Waals surface area (Å²) in [7, 11) is 3.60. The summed E-state index contributed by atoms with van der Waals surface area (Å²) < 4.78 is 0. The number of urea groups is 1. The number of rotatable bonds is 3. The largest absolute Gasteiger partial charge is 0.375 e. The van der Waals surface area contributed by atoms with Gasteiger partial charge in [-0.1, -0.05) is 46.9 Å². The van der Waals surface area contributed by atoms with E-state index in [-0.39, 0.29) is 10.6 Å². The summed E-state index contributed by atoms with van der Waals surface area (Å²) in [5.74, 6) is -0.611. The predicted molar refractivity (Wildman–Crippen MR) is 98.7 cm³/mol. The minimum absolute atomic E-state index is 0.202. The summed E-state index contributed by atoms with van der Waals surface area (Å²) in [6.07, 6.45) is 0. The van der Waals surface area contributed by atoms with Crippen LogP contribution in [0.25, 0.3) is 0 Å². The number of carbonyl (C=O) groups excluding carboxylic acids is 2. The Morgan fingerprint density at radius 3 is 2.08 bits per heavy atom. The van der Waals surface area contributed by atoms with Crippen LogP contribution in [0.3, 0.4) is 0 Å². The molecule has 8 heteroatoms. The van der Waals surface area contributed by atoms with Crippen molar-refractivity contribution in [3.63, 3.8) is 0 Å². The Morgan fingerprint density at radius 2 is 1.54 bits per heavy atom. The molecule has 0 aliphatic heterocycles. The normalized spacial score (nSPS) is 10.2. The first-order valence-electron chi connectivity index (χ1n) is 6.83. The van der Waals surface area contributed by atoms with Gasteiger partial charge in [-0.15, -0.1) is 0 Å². The first-order valence-corrected chi connectivity index (χ1v) is 7.96. The Balaban J connectivity index is 2.10. The molecule has 0 unspecified atom stereocenters. The second-order valence-electron chi connectivity index (χ2n) is 5.07. The highest BCUT2D eigenvalue weighted by atomic mass is 35.5. The quantitative estimate of drug-likeness (QED) is 0.805. The van der Waals surface area contributed by atoms with Gasteiger partial charge in [-0.3, -0.25) is 10.1 Å². The molecular weight excluding hydrogens is 373 g/mol. The van der Waals surface area contributed by atoms with Crippen molar-refractivity contribution in [2.24, 2.45) is 0 Å². The number of amides is 3. The number of hydrogen-bond acceptors (Lipinski definition) is 3. The fourth-order valence-electron chi connectivity index (χ4n) is 2.04. The molecule has 5 nitrogen and oxygen atoms in total. The molecular formula is C16H14Cl3N3O2. The van der Waals surface area contributed by atoms with Crippen LogP contribution in [0.2, 0.25) is 15.1 Å². The van der Waals surface area contributed by atoms with Crippen LogP contribution in [0, 0.1) is 0 Å². The van der Waals surface area contributed by atoms with Crippen molar-refractivity contribution in [3.8, 4) is 0 Å². The number of nitrogens with one attached hydrogen (secondary N) is 2. The standard InChI is InChI=1S/C16H14Cl3N3O2/c1-22(2)14-12(18)7-9(8-13(14)19)20-16(24)21-15(23)10-5-3-4-6-11(10)17/h3-8H,1-2H3,(H2,20,21,23,24). The number of imide groups is 1. The lowest BCUT2D eigenvalue weighted by Gasteiger charge is -2.17. The molecule has 0 spiro atoms. The summed E-state index contributed by atoms with van der Waals surface area (Å²) in [5, 5.41) is 5.70. The maximum Gasteiger partial charge on any atom is 0.326 e. The zero-order chi connectivity index (χ0) is 17.9. The minimum Gasteiger partial charge on any atom is -0.375 e. The minimum atomic E-state index is -0.718. The van der Waals surface area contributed by atoms with E-state index in [0.717, 1.165) is 0 Å². The van der Waals surface area contributed by atoms with Gasteiger partial charge in [0.2, 0.25) is 0 Å². The van der Waals surface area contributed by atoms with E-state index in [0.29, 0.717) is 21.4 Å². The Bertz CT molecular complexity index is 771. The van der Waals surface area contributed by atoms with Crippen LogP contribution in [-0.2, 0) is 0 Å². The monoisotopic (exact) mass is 385 g/mol. The van der Waals surface area contributed by atoms with Gasteiger partial charge in [0, 0.05) is 19.8 Å². The molecule has 24 heavy (non-hydrogen) atoms. The summed E-state index contributed by atoms with van der Waals surface area (Å²) >= 11 is 18.2. The fourth-order valence-corrected chi connectivity index (χ4v) is 3.09. The first kappa shape index (κ1) is 18.4. The smallest absolute Gasteiger partial charge is 0.326 e. The highest BCUT2D eigenvalue weighted by Gasteiger charge is 2.15.